The first-order valence-electron chi connectivity index (χ1n) is 12.0. The number of nitrogens with zero attached hydrogens (tertiary/aromatic N) is 1. The van der Waals surface area contributed by atoms with Crippen LogP contribution in [0.4, 0.5) is 4.39 Å². The smallest absolute Gasteiger partial charge is 0.123 e. The zero-order valence-corrected chi connectivity index (χ0v) is 20.6. The van der Waals surface area contributed by atoms with E-state index in [0.717, 1.165) is 43.6 Å². The normalized spacial score (nSPS) is 29.0. The van der Waals surface area contributed by atoms with Crippen molar-refractivity contribution in [3.63, 3.8) is 0 Å². The first-order valence-corrected chi connectivity index (χ1v) is 12.3. The molecule has 4 rings (SSSR count). The lowest BCUT2D eigenvalue weighted by Gasteiger charge is -2.51. The zero-order valence-electron chi connectivity index (χ0n) is 19.9. The highest BCUT2D eigenvalue weighted by Crippen LogP contribution is 2.44. The van der Waals surface area contributed by atoms with Gasteiger partial charge in [0.1, 0.15) is 5.82 Å². The Labute approximate surface area is 202 Å². The third-order valence-corrected chi connectivity index (χ3v) is 7.91. The lowest BCUT2D eigenvalue weighted by atomic mass is 9.67. The highest BCUT2D eigenvalue weighted by molar-refractivity contribution is 6.30. The van der Waals surface area contributed by atoms with Gasteiger partial charge >= 0.3 is 0 Å². The number of ether oxygens (including phenoxy) is 1. The van der Waals surface area contributed by atoms with E-state index in [1.807, 2.05) is 24.3 Å². The van der Waals surface area contributed by atoms with Crippen LogP contribution in [0, 0.1) is 11.2 Å². The van der Waals surface area contributed by atoms with Crippen LogP contribution in [0.5, 0.6) is 0 Å². The molecule has 0 aromatic heterocycles. The van der Waals surface area contributed by atoms with Gasteiger partial charge in [0, 0.05) is 35.6 Å². The fourth-order valence-corrected chi connectivity index (χ4v) is 5.41. The summed E-state index contributed by atoms with van der Waals surface area (Å²) in [5, 5.41) is 16.0. The van der Waals surface area contributed by atoms with E-state index in [1.54, 1.807) is 0 Å². The minimum absolute atomic E-state index is 0.0112. The largest absolute Gasteiger partial charge is 0.389 e. The number of benzene rings is 2. The van der Waals surface area contributed by atoms with E-state index >= 15 is 0 Å². The summed E-state index contributed by atoms with van der Waals surface area (Å²) in [4.78, 5) is 2.48. The highest BCUT2D eigenvalue weighted by atomic mass is 35.5. The lowest BCUT2D eigenvalue weighted by Crippen LogP contribution is -2.59. The second-order valence-electron chi connectivity index (χ2n) is 10.4. The maximum absolute atomic E-state index is 13.3. The third kappa shape index (κ3) is 5.60. The number of morpholine rings is 1. The van der Waals surface area contributed by atoms with Gasteiger partial charge in [-0.2, -0.15) is 0 Å². The van der Waals surface area contributed by atoms with Gasteiger partial charge < -0.3 is 15.2 Å². The van der Waals surface area contributed by atoms with Gasteiger partial charge in [-0.05, 0) is 68.1 Å². The van der Waals surface area contributed by atoms with Crippen molar-refractivity contribution in [2.45, 2.75) is 63.8 Å². The van der Waals surface area contributed by atoms with Crippen molar-refractivity contribution >= 4 is 11.6 Å². The molecule has 2 aromatic rings. The van der Waals surface area contributed by atoms with Crippen molar-refractivity contribution in [2.75, 3.05) is 26.2 Å². The summed E-state index contributed by atoms with van der Waals surface area (Å²) >= 11 is 6.20. The number of piperidine rings is 1. The van der Waals surface area contributed by atoms with Crippen LogP contribution in [0.1, 0.15) is 50.8 Å². The molecule has 2 aliphatic heterocycles. The van der Waals surface area contributed by atoms with E-state index in [0.29, 0.717) is 18.1 Å². The lowest BCUT2D eigenvalue weighted by molar-refractivity contribution is -0.128. The fourth-order valence-electron chi connectivity index (χ4n) is 5.29. The topological polar surface area (TPSA) is 44.7 Å². The minimum Gasteiger partial charge on any atom is -0.389 e. The molecule has 2 aromatic carbocycles. The Kier molecular flexibility index (Phi) is 7.47. The summed E-state index contributed by atoms with van der Waals surface area (Å²) in [5.74, 6) is -0.223. The van der Waals surface area contributed by atoms with Gasteiger partial charge in [-0.3, -0.25) is 4.90 Å². The van der Waals surface area contributed by atoms with Crippen LogP contribution in [0.3, 0.4) is 0 Å². The fraction of sp³-hybridized carbons (Fsp3) is 0.556. The molecule has 0 bridgehead atoms. The molecule has 0 aliphatic carbocycles. The van der Waals surface area contributed by atoms with Crippen molar-refractivity contribution in [2.24, 2.45) is 5.41 Å². The van der Waals surface area contributed by atoms with E-state index < -0.39 is 5.60 Å². The van der Waals surface area contributed by atoms with Crippen LogP contribution in [0.2, 0.25) is 5.02 Å². The van der Waals surface area contributed by atoms with Crippen LogP contribution < -0.4 is 5.32 Å². The molecule has 2 heterocycles. The number of halogens is 2. The van der Waals surface area contributed by atoms with Crippen molar-refractivity contribution < 1.29 is 14.2 Å². The maximum atomic E-state index is 13.3. The van der Waals surface area contributed by atoms with Crippen LogP contribution in [-0.2, 0) is 11.2 Å². The average Bonchev–Trinajstić information content (AvgIpc) is 2.78. The summed E-state index contributed by atoms with van der Waals surface area (Å²) < 4.78 is 19.5. The van der Waals surface area contributed by atoms with E-state index in [9.17, 15) is 9.50 Å². The Bertz CT molecular complexity index is 921. The molecule has 2 N–H and O–H groups in total. The van der Waals surface area contributed by atoms with Gasteiger partial charge in [0.25, 0.3) is 0 Å². The molecule has 2 unspecified atom stereocenters. The summed E-state index contributed by atoms with van der Waals surface area (Å²) in [5.41, 5.74) is 1.21. The summed E-state index contributed by atoms with van der Waals surface area (Å²) in [6.07, 6.45) is 2.12. The van der Waals surface area contributed by atoms with Crippen LogP contribution in [0.25, 0.3) is 0 Å². The Morgan fingerprint density at radius 1 is 1.18 bits per heavy atom. The summed E-state index contributed by atoms with van der Waals surface area (Å²) in [6, 6.07) is 15.0. The minimum atomic E-state index is -0.785. The average molecular weight is 475 g/mol. The predicted octanol–water partition coefficient (Wildman–Crippen LogP) is 4.99. The van der Waals surface area contributed by atoms with E-state index in [4.69, 9.17) is 16.3 Å². The highest BCUT2D eigenvalue weighted by Gasteiger charge is 2.48. The molecular weight excluding hydrogens is 439 g/mol. The monoisotopic (exact) mass is 474 g/mol. The maximum Gasteiger partial charge on any atom is 0.123 e. The molecule has 180 valence electrons. The summed E-state index contributed by atoms with van der Waals surface area (Å²) in [7, 11) is 0. The van der Waals surface area contributed by atoms with Crippen molar-refractivity contribution in [3.05, 3.63) is 70.5 Å². The third-order valence-electron chi connectivity index (χ3n) is 7.66. The SMILES string of the molecule is C[C@H]1CO[C@H](Cc2ccc(F)cc2)CN1C(CC1(O)CCNCC1(C)C)c1ccc(Cl)cc1. The standard InChI is InChI=1S/C27H36ClFN2O2/c1-19-17-33-24(14-20-4-10-23(29)11-5-20)16-31(19)25(21-6-8-22(28)9-7-21)15-27(32)12-13-30-18-26(27,2)3/h4-11,19,24-25,30,32H,12-18H2,1-3H3/t19-,24+,25?,27?/m0/s1. The van der Waals surface area contributed by atoms with Gasteiger partial charge in [0.2, 0.25) is 0 Å². The second kappa shape index (κ2) is 10.0. The number of aliphatic hydroxyl groups is 1. The first-order chi connectivity index (χ1) is 15.7. The Morgan fingerprint density at radius 3 is 2.55 bits per heavy atom. The number of nitrogens with one attached hydrogen (secondary N) is 1. The molecule has 2 saturated heterocycles. The molecule has 0 amide bonds. The molecule has 0 saturated carbocycles. The molecule has 33 heavy (non-hydrogen) atoms. The second-order valence-corrected chi connectivity index (χ2v) is 10.9. The van der Waals surface area contributed by atoms with E-state index in [2.05, 4.69) is 43.1 Å². The van der Waals surface area contributed by atoms with Crippen molar-refractivity contribution in [1.29, 1.82) is 0 Å². The molecule has 0 spiro atoms. The van der Waals surface area contributed by atoms with E-state index in [-0.39, 0.29) is 29.4 Å². The number of hydrogen-bond donors (Lipinski definition) is 2. The molecule has 2 fully saturated rings. The van der Waals surface area contributed by atoms with Crippen molar-refractivity contribution in [1.82, 2.24) is 10.2 Å². The quantitative estimate of drug-likeness (QED) is 0.619. The Balaban J connectivity index is 1.60. The van der Waals surface area contributed by atoms with Gasteiger partial charge in [-0.1, -0.05) is 49.7 Å². The molecular formula is C27H36ClFN2O2. The number of rotatable bonds is 6. The predicted molar refractivity (Wildman–Crippen MR) is 131 cm³/mol. The van der Waals surface area contributed by atoms with Gasteiger partial charge in [-0.25, -0.2) is 4.39 Å². The summed E-state index contributed by atoms with van der Waals surface area (Å²) in [6.45, 7) is 9.48. The van der Waals surface area contributed by atoms with Gasteiger partial charge in [-0.15, -0.1) is 0 Å². The first kappa shape index (κ1) is 24.6. The number of hydrogen-bond acceptors (Lipinski definition) is 4. The van der Waals surface area contributed by atoms with Crippen LogP contribution in [0.15, 0.2) is 48.5 Å². The Hall–Kier alpha value is -1.50. The molecule has 4 atom stereocenters. The molecule has 6 heteroatoms. The molecule has 2 aliphatic rings. The van der Waals surface area contributed by atoms with E-state index in [1.165, 1.54) is 12.1 Å². The van der Waals surface area contributed by atoms with Crippen LogP contribution >= 0.6 is 11.6 Å². The zero-order chi connectivity index (χ0) is 23.6. The molecule has 0 radical (unpaired) electrons. The Morgan fingerprint density at radius 2 is 1.88 bits per heavy atom. The van der Waals surface area contributed by atoms with Crippen molar-refractivity contribution in [3.8, 4) is 0 Å². The van der Waals surface area contributed by atoms with Gasteiger partial charge in [0.15, 0.2) is 0 Å². The molecule has 4 nitrogen and oxygen atoms in total. The van der Waals surface area contributed by atoms with Gasteiger partial charge in [0.05, 0.1) is 18.3 Å². The van der Waals surface area contributed by atoms with Crippen LogP contribution in [-0.4, -0.2) is 54.0 Å².